The summed E-state index contributed by atoms with van der Waals surface area (Å²) in [5, 5.41) is 18.9. The predicted octanol–water partition coefficient (Wildman–Crippen LogP) is -0.146. The van der Waals surface area contributed by atoms with Crippen molar-refractivity contribution in [1.82, 2.24) is 4.90 Å². The van der Waals surface area contributed by atoms with E-state index >= 15 is 0 Å². The predicted molar refractivity (Wildman–Crippen MR) is 65.0 cm³/mol. The van der Waals surface area contributed by atoms with Gasteiger partial charge in [-0.05, 0) is 20.8 Å². The van der Waals surface area contributed by atoms with Gasteiger partial charge in [-0.3, -0.25) is 4.90 Å². The van der Waals surface area contributed by atoms with Crippen LogP contribution >= 0.6 is 0 Å². The van der Waals surface area contributed by atoms with Crippen LogP contribution in [-0.4, -0.2) is 72.4 Å². The molecule has 0 bridgehead atoms. The third-order valence-corrected chi connectivity index (χ3v) is 2.91. The molecule has 1 aliphatic rings. The van der Waals surface area contributed by atoms with E-state index in [0.29, 0.717) is 26.3 Å². The molecule has 1 heterocycles. The number of hydrogen-bond acceptors (Lipinski definition) is 5. The Labute approximate surface area is 103 Å². The van der Waals surface area contributed by atoms with E-state index < -0.39 is 6.10 Å². The molecule has 0 amide bonds. The minimum absolute atomic E-state index is 0.0296. The Balaban J connectivity index is 2.32. The van der Waals surface area contributed by atoms with E-state index in [1.54, 1.807) is 0 Å². The number of β-amino-alcohol motifs (C(OH)–C–C–N with tert-alkyl or cyclic N) is 1. The van der Waals surface area contributed by atoms with Crippen molar-refractivity contribution in [3.8, 4) is 0 Å². The van der Waals surface area contributed by atoms with Crippen LogP contribution < -0.4 is 0 Å². The fraction of sp³-hybridized carbons (Fsp3) is 1.00. The Bertz CT molecular complexity index is 213. The lowest BCUT2D eigenvalue weighted by Crippen LogP contribution is -2.52. The number of aliphatic hydroxyl groups excluding tert-OH is 2. The van der Waals surface area contributed by atoms with Gasteiger partial charge in [-0.1, -0.05) is 0 Å². The van der Waals surface area contributed by atoms with E-state index in [2.05, 4.69) is 11.8 Å². The largest absolute Gasteiger partial charge is 0.394 e. The maximum Gasteiger partial charge on any atom is 0.0933 e. The molecule has 1 saturated heterocycles. The zero-order valence-electron chi connectivity index (χ0n) is 11.0. The van der Waals surface area contributed by atoms with Gasteiger partial charge in [0.2, 0.25) is 0 Å². The highest BCUT2D eigenvalue weighted by molar-refractivity contribution is 4.79. The van der Waals surface area contributed by atoms with Crippen LogP contribution in [0.2, 0.25) is 0 Å². The van der Waals surface area contributed by atoms with Gasteiger partial charge in [0.15, 0.2) is 0 Å². The standard InChI is InChI=1S/C12H25NO4/c1-9(2)16-8-11(15)4-13-5-12(6-14)17-7-10(13)3/h9-12,14-15H,4-8H2,1-3H3. The van der Waals surface area contributed by atoms with Crippen molar-refractivity contribution in [3.63, 3.8) is 0 Å². The van der Waals surface area contributed by atoms with Crippen molar-refractivity contribution >= 4 is 0 Å². The van der Waals surface area contributed by atoms with E-state index in [1.807, 2.05) is 13.8 Å². The van der Waals surface area contributed by atoms with Gasteiger partial charge in [0.25, 0.3) is 0 Å². The molecule has 1 fully saturated rings. The fourth-order valence-electron chi connectivity index (χ4n) is 1.87. The molecule has 3 atom stereocenters. The van der Waals surface area contributed by atoms with Crippen LogP contribution in [0.1, 0.15) is 20.8 Å². The SMILES string of the molecule is CC(C)OCC(O)CN1CC(CO)OCC1C. The van der Waals surface area contributed by atoms with Crippen LogP contribution in [0.3, 0.4) is 0 Å². The second-order valence-corrected chi connectivity index (χ2v) is 4.98. The molecule has 3 unspecified atom stereocenters. The third-order valence-electron chi connectivity index (χ3n) is 2.91. The number of rotatable bonds is 6. The van der Waals surface area contributed by atoms with E-state index in [-0.39, 0.29) is 24.9 Å². The number of nitrogens with zero attached hydrogens (tertiary/aromatic N) is 1. The molecule has 2 N–H and O–H groups in total. The summed E-state index contributed by atoms with van der Waals surface area (Å²) in [4.78, 5) is 2.14. The number of hydrogen-bond donors (Lipinski definition) is 2. The summed E-state index contributed by atoms with van der Waals surface area (Å²) >= 11 is 0. The van der Waals surface area contributed by atoms with Crippen LogP contribution in [-0.2, 0) is 9.47 Å². The van der Waals surface area contributed by atoms with E-state index in [0.717, 1.165) is 0 Å². The van der Waals surface area contributed by atoms with E-state index in [9.17, 15) is 5.11 Å². The van der Waals surface area contributed by atoms with E-state index in [4.69, 9.17) is 14.6 Å². The first-order valence-electron chi connectivity index (χ1n) is 6.29. The quantitative estimate of drug-likeness (QED) is 0.684. The molecule has 5 nitrogen and oxygen atoms in total. The first-order valence-corrected chi connectivity index (χ1v) is 6.29. The summed E-state index contributed by atoms with van der Waals surface area (Å²) < 4.78 is 10.8. The average Bonchev–Trinajstić information content (AvgIpc) is 2.29. The highest BCUT2D eigenvalue weighted by atomic mass is 16.5. The van der Waals surface area contributed by atoms with Crippen LogP contribution in [0, 0.1) is 0 Å². The normalized spacial score (nSPS) is 28.6. The van der Waals surface area contributed by atoms with Crippen LogP contribution in [0.4, 0.5) is 0 Å². The van der Waals surface area contributed by atoms with Gasteiger partial charge in [-0.2, -0.15) is 0 Å². The molecule has 0 aliphatic carbocycles. The summed E-state index contributed by atoms with van der Waals surface area (Å²) in [6.45, 7) is 8.17. The highest BCUT2D eigenvalue weighted by Gasteiger charge is 2.27. The number of aliphatic hydroxyl groups is 2. The molecule has 0 spiro atoms. The smallest absolute Gasteiger partial charge is 0.0933 e. The Morgan fingerprint density at radius 3 is 2.76 bits per heavy atom. The molecule has 1 aliphatic heterocycles. The average molecular weight is 247 g/mol. The lowest BCUT2D eigenvalue weighted by molar-refractivity contribution is -0.0939. The van der Waals surface area contributed by atoms with Gasteiger partial charge in [-0.25, -0.2) is 0 Å². The summed E-state index contributed by atoms with van der Waals surface area (Å²) in [6, 6.07) is 0.270. The highest BCUT2D eigenvalue weighted by Crippen LogP contribution is 2.12. The molecule has 5 heteroatoms. The first-order chi connectivity index (χ1) is 8.02. The molecule has 0 radical (unpaired) electrons. The molecule has 0 aromatic rings. The van der Waals surface area contributed by atoms with E-state index in [1.165, 1.54) is 0 Å². The number of morpholine rings is 1. The minimum atomic E-state index is -0.489. The van der Waals surface area contributed by atoms with Gasteiger partial charge in [0.05, 0.1) is 38.1 Å². The maximum atomic E-state index is 9.86. The number of ether oxygens (including phenoxy) is 2. The topological polar surface area (TPSA) is 62.2 Å². The summed E-state index contributed by atoms with van der Waals surface area (Å²) in [5.41, 5.74) is 0. The molecule has 0 saturated carbocycles. The van der Waals surface area contributed by atoms with Gasteiger partial charge in [-0.15, -0.1) is 0 Å². The summed E-state index contributed by atoms with van der Waals surface area (Å²) in [6.07, 6.45) is -0.487. The molecule has 0 aromatic heterocycles. The van der Waals surface area contributed by atoms with Gasteiger partial charge in [0.1, 0.15) is 0 Å². The Kier molecular flexibility index (Phi) is 6.37. The van der Waals surface area contributed by atoms with Crippen LogP contribution in [0.5, 0.6) is 0 Å². The lowest BCUT2D eigenvalue weighted by Gasteiger charge is -2.38. The monoisotopic (exact) mass is 247 g/mol. The maximum absolute atomic E-state index is 9.86. The first kappa shape index (κ1) is 14.9. The summed E-state index contributed by atoms with van der Waals surface area (Å²) in [5.74, 6) is 0. The van der Waals surface area contributed by atoms with Crippen molar-refractivity contribution in [2.45, 2.75) is 45.1 Å². The summed E-state index contributed by atoms with van der Waals surface area (Å²) in [7, 11) is 0. The second kappa shape index (κ2) is 7.28. The lowest BCUT2D eigenvalue weighted by atomic mass is 10.2. The molecule has 102 valence electrons. The zero-order valence-corrected chi connectivity index (χ0v) is 11.0. The van der Waals surface area contributed by atoms with Crippen LogP contribution in [0.25, 0.3) is 0 Å². The van der Waals surface area contributed by atoms with Gasteiger partial charge < -0.3 is 19.7 Å². The van der Waals surface area contributed by atoms with Crippen molar-refractivity contribution < 1.29 is 19.7 Å². The van der Waals surface area contributed by atoms with Crippen molar-refractivity contribution in [1.29, 1.82) is 0 Å². The van der Waals surface area contributed by atoms with Gasteiger partial charge >= 0.3 is 0 Å². The Morgan fingerprint density at radius 1 is 1.47 bits per heavy atom. The second-order valence-electron chi connectivity index (χ2n) is 4.98. The third kappa shape index (κ3) is 5.31. The van der Waals surface area contributed by atoms with Crippen molar-refractivity contribution in [2.75, 3.05) is 32.9 Å². The molecule has 0 aromatic carbocycles. The fourth-order valence-corrected chi connectivity index (χ4v) is 1.87. The Hall–Kier alpha value is -0.200. The molecule has 1 rings (SSSR count). The minimum Gasteiger partial charge on any atom is -0.394 e. The van der Waals surface area contributed by atoms with Gasteiger partial charge in [0, 0.05) is 19.1 Å². The van der Waals surface area contributed by atoms with Crippen LogP contribution in [0.15, 0.2) is 0 Å². The Morgan fingerprint density at radius 2 is 2.18 bits per heavy atom. The molecular formula is C12H25NO4. The van der Waals surface area contributed by atoms with Crippen molar-refractivity contribution in [2.24, 2.45) is 0 Å². The molecule has 17 heavy (non-hydrogen) atoms. The van der Waals surface area contributed by atoms with Crippen molar-refractivity contribution in [3.05, 3.63) is 0 Å². The molecular weight excluding hydrogens is 222 g/mol. The zero-order chi connectivity index (χ0) is 12.8.